The standard InChI is InChI=1S/C30H40N4O3S/c1-4-6-7-10-21(3)27-28-22-11-8-9-12-23(22)33(20-26(35)32-15-13-31(5-2)14-16-32)17-18-34(28)24-19-25(30(36)37)38-29(24)27/h8-9,11-12,19,21H,4-7,10,13-18,20H2,1-3H3,(H,36,37). The van der Waals surface area contributed by atoms with Gasteiger partial charge in [0.1, 0.15) is 4.88 Å². The third-order valence-corrected chi connectivity index (χ3v) is 9.45. The maximum absolute atomic E-state index is 13.4. The summed E-state index contributed by atoms with van der Waals surface area (Å²) in [4.78, 5) is 32.3. The lowest BCUT2D eigenvalue weighted by Crippen LogP contribution is -2.51. The van der Waals surface area contributed by atoms with E-state index in [0.29, 0.717) is 23.9 Å². The van der Waals surface area contributed by atoms with Gasteiger partial charge < -0.3 is 24.4 Å². The first-order valence-electron chi connectivity index (χ1n) is 14.2. The number of anilines is 1. The van der Waals surface area contributed by atoms with Crippen LogP contribution in [0.2, 0.25) is 0 Å². The zero-order valence-corrected chi connectivity index (χ0v) is 23.7. The van der Waals surface area contributed by atoms with Crippen LogP contribution in [0.5, 0.6) is 0 Å². The summed E-state index contributed by atoms with van der Waals surface area (Å²) in [6.45, 7) is 12.9. The van der Waals surface area contributed by atoms with Crippen LogP contribution in [0.4, 0.5) is 5.69 Å². The lowest BCUT2D eigenvalue weighted by molar-refractivity contribution is -0.131. The fourth-order valence-electron chi connectivity index (χ4n) is 6.11. The van der Waals surface area contributed by atoms with Crippen LogP contribution in [0.25, 0.3) is 21.5 Å². The number of para-hydroxylation sites is 1. The Kier molecular flexibility index (Phi) is 8.09. The Morgan fingerprint density at radius 3 is 2.50 bits per heavy atom. The van der Waals surface area contributed by atoms with E-state index in [4.69, 9.17) is 0 Å². The van der Waals surface area contributed by atoms with Gasteiger partial charge in [0.2, 0.25) is 5.91 Å². The molecule has 1 unspecified atom stereocenters. The molecule has 2 aliphatic heterocycles. The van der Waals surface area contributed by atoms with Gasteiger partial charge in [0.15, 0.2) is 0 Å². The summed E-state index contributed by atoms with van der Waals surface area (Å²) < 4.78 is 3.43. The van der Waals surface area contributed by atoms with Crippen LogP contribution in [0, 0.1) is 0 Å². The lowest BCUT2D eigenvalue weighted by Gasteiger charge is -2.35. The van der Waals surface area contributed by atoms with E-state index in [-0.39, 0.29) is 5.91 Å². The van der Waals surface area contributed by atoms with Crippen molar-refractivity contribution in [2.45, 2.75) is 58.9 Å². The molecule has 0 saturated carbocycles. The highest BCUT2D eigenvalue weighted by molar-refractivity contribution is 7.21. The van der Waals surface area contributed by atoms with Crippen LogP contribution in [-0.2, 0) is 11.3 Å². The number of carbonyl (C=O) groups is 2. The minimum absolute atomic E-state index is 0.184. The number of aromatic carboxylic acids is 1. The average Bonchev–Trinajstić information content (AvgIpc) is 3.44. The molecule has 8 heteroatoms. The second-order valence-corrected chi connectivity index (χ2v) is 11.7. The molecule has 0 spiro atoms. The Morgan fingerprint density at radius 2 is 1.79 bits per heavy atom. The topological polar surface area (TPSA) is 69.0 Å². The minimum Gasteiger partial charge on any atom is -0.477 e. The van der Waals surface area contributed by atoms with Crippen LogP contribution < -0.4 is 4.90 Å². The Bertz CT molecular complexity index is 1300. The van der Waals surface area contributed by atoms with E-state index in [1.165, 1.54) is 35.4 Å². The van der Waals surface area contributed by atoms with E-state index >= 15 is 0 Å². The van der Waals surface area contributed by atoms with Gasteiger partial charge in [-0.1, -0.05) is 58.2 Å². The molecule has 2 aliphatic rings. The van der Waals surface area contributed by atoms with Crippen LogP contribution in [0.3, 0.4) is 0 Å². The molecule has 204 valence electrons. The SMILES string of the molecule is CCCCCC(C)c1c2n(c3cc(C(=O)O)sc13)CCN(CC(=O)N1CCN(CC)CC1)c1ccccc1-2. The molecule has 4 heterocycles. The summed E-state index contributed by atoms with van der Waals surface area (Å²) in [5, 5.41) is 9.77. The molecule has 0 radical (unpaired) electrons. The van der Waals surface area contributed by atoms with E-state index in [1.54, 1.807) is 0 Å². The Labute approximate surface area is 229 Å². The van der Waals surface area contributed by atoms with Gasteiger partial charge in [-0.3, -0.25) is 4.79 Å². The zero-order chi connectivity index (χ0) is 26.8. The van der Waals surface area contributed by atoms with Crippen molar-refractivity contribution >= 4 is 39.1 Å². The van der Waals surface area contributed by atoms with Crippen molar-refractivity contribution in [1.29, 1.82) is 0 Å². The molecule has 1 aromatic carbocycles. The van der Waals surface area contributed by atoms with Crippen molar-refractivity contribution in [2.75, 3.05) is 50.7 Å². The number of fused-ring (bicyclic) bond motifs is 5. The fourth-order valence-corrected chi connectivity index (χ4v) is 7.27. The molecule has 7 nitrogen and oxygen atoms in total. The number of amides is 1. The van der Waals surface area contributed by atoms with Gasteiger partial charge >= 0.3 is 5.97 Å². The summed E-state index contributed by atoms with van der Waals surface area (Å²) in [6, 6.07) is 10.3. The molecular formula is C30H40N4O3S. The number of likely N-dealkylation sites (N-methyl/N-ethyl adjacent to an activating group) is 1. The van der Waals surface area contributed by atoms with E-state index < -0.39 is 5.97 Å². The van der Waals surface area contributed by atoms with Gasteiger partial charge in [0.05, 0.1) is 22.5 Å². The number of thiophene rings is 1. The zero-order valence-electron chi connectivity index (χ0n) is 22.9. The van der Waals surface area contributed by atoms with Gasteiger partial charge in [-0.25, -0.2) is 4.79 Å². The second-order valence-electron chi connectivity index (χ2n) is 10.7. The highest BCUT2D eigenvalue weighted by atomic mass is 32.1. The molecule has 0 aliphatic carbocycles. The molecule has 1 amide bonds. The highest BCUT2D eigenvalue weighted by Crippen LogP contribution is 2.47. The maximum atomic E-state index is 13.4. The van der Waals surface area contributed by atoms with E-state index in [1.807, 2.05) is 11.0 Å². The van der Waals surface area contributed by atoms with Crippen molar-refractivity contribution in [1.82, 2.24) is 14.4 Å². The molecule has 1 atom stereocenters. The van der Waals surface area contributed by atoms with Gasteiger partial charge in [0, 0.05) is 50.5 Å². The predicted molar refractivity (Wildman–Crippen MR) is 156 cm³/mol. The van der Waals surface area contributed by atoms with E-state index in [2.05, 4.69) is 59.4 Å². The molecule has 1 N–H and O–H groups in total. The van der Waals surface area contributed by atoms with Crippen molar-refractivity contribution in [3.05, 3.63) is 40.8 Å². The number of benzene rings is 1. The maximum Gasteiger partial charge on any atom is 0.345 e. The minimum atomic E-state index is -0.866. The molecule has 2 aromatic heterocycles. The number of rotatable bonds is 9. The number of carbonyl (C=O) groups excluding carboxylic acids is 1. The third-order valence-electron chi connectivity index (χ3n) is 8.31. The molecule has 0 bridgehead atoms. The summed E-state index contributed by atoms with van der Waals surface area (Å²) >= 11 is 1.41. The van der Waals surface area contributed by atoms with Crippen molar-refractivity contribution < 1.29 is 14.7 Å². The van der Waals surface area contributed by atoms with Gasteiger partial charge in [-0.05, 0) is 36.6 Å². The smallest absolute Gasteiger partial charge is 0.345 e. The number of hydrogen-bond acceptors (Lipinski definition) is 5. The Hall–Kier alpha value is -2.84. The summed E-state index contributed by atoms with van der Waals surface area (Å²) in [5.41, 5.74) is 5.72. The first kappa shape index (κ1) is 26.8. The third kappa shape index (κ3) is 5.08. The van der Waals surface area contributed by atoms with Crippen LogP contribution in [0.1, 0.15) is 67.6 Å². The summed E-state index contributed by atoms with van der Waals surface area (Å²) in [7, 11) is 0. The van der Waals surface area contributed by atoms with Crippen molar-refractivity contribution in [3.63, 3.8) is 0 Å². The number of nitrogens with zero attached hydrogens (tertiary/aromatic N) is 4. The van der Waals surface area contributed by atoms with Crippen LogP contribution in [0.15, 0.2) is 30.3 Å². The first-order chi connectivity index (χ1) is 18.4. The number of piperazine rings is 1. The normalized spacial score (nSPS) is 16.8. The van der Waals surface area contributed by atoms with Crippen molar-refractivity contribution in [3.8, 4) is 11.3 Å². The number of hydrogen-bond donors (Lipinski definition) is 1. The monoisotopic (exact) mass is 536 g/mol. The van der Waals surface area contributed by atoms with Crippen LogP contribution >= 0.6 is 11.3 Å². The van der Waals surface area contributed by atoms with Gasteiger partial charge in [-0.2, -0.15) is 0 Å². The summed E-state index contributed by atoms with van der Waals surface area (Å²) in [6.07, 6.45) is 4.62. The molecule has 1 fully saturated rings. The van der Waals surface area contributed by atoms with Crippen molar-refractivity contribution in [2.24, 2.45) is 0 Å². The van der Waals surface area contributed by atoms with E-state index in [9.17, 15) is 14.7 Å². The first-order valence-corrected chi connectivity index (χ1v) is 15.0. The Balaban J connectivity index is 1.52. The highest BCUT2D eigenvalue weighted by Gasteiger charge is 2.31. The number of carboxylic acids is 1. The van der Waals surface area contributed by atoms with Crippen LogP contribution in [-0.4, -0.2) is 77.2 Å². The quantitative estimate of drug-likeness (QED) is 0.354. The molecule has 1 saturated heterocycles. The molecule has 3 aromatic rings. The van der Waals surface area contributed by atoms with Gasteiger partial charge in [-0.15, -0.1) is 11.3 Å². The number of carboxylic acid groups (broad SMARTS) is 1. The molecule has 5 rings (SSSR count). The fraction of sp³-hybridized carbons (Fsp3) is 0.533. The molecule has 38 heavy (non-hydrogen) atoms. The number of aromatic nitrogens is 1. The number of unbranched alkanes of at least 4 members (excludes halogenated alkanes) is 2. The average molecular weight is 537 g/mol. The Morgan fingerprint density at radius 1 is 1.03 bits per heavy atom. The van der Waals surface area contributed by atoms with E-state index in [0.717, 1.165) is 73.6 Å². The predicted octanol–water partition coefficient (Wildman–Crippen LogP) is 5.74. The lowest BCUT2D eigenvalue weighted by atomic mass is 9.92. The summed E-state index contributed by atoms with van der Waals surface area (Å²) in [5.74, 6) is -0.365. The van der Waals surface area contributed by atoms with Gasteiger partial charge in [0.25, 0.3) is 0 Å². The molecular weight excluding hydrogens is 496 g/mol. The largest absolute Gasteiger partial charge is 0.477 e. The second kappa shape index (κ2) is 11.5.